The summed E-state index contributed by atoms with van der Waals surface area (Å²) in [5.74, 6) is -0.329. The van der Waals surface area contributed by atoms with E-state index in [9.17, 15) is 21.6 Å². The van der Waals surface area contributed by atoms with E-state index in [1.54, 1.807) is 41.3 Å². The van der Waals surface area contributed by atoms with Crippen LogP contribution in [0, 0.1) is 0 Å². The van der Waals surface area contributed by atoms with Crippen molar-refractivity contribution in [2.75, 3.05) is 32.7 Å². The Morgan fingerprint density at radius 3 is 1.73 bits per heavy atom. The normalized spacial score (nSPS) is 21.5. The molecule has 2 aromatic rings. The van der Waals surface area contributed by atoms with Crippen molar-refractivity contribution in [2.24, 2.45) is 0 Å². The maximum atomic E-state index is 13.6. The zero-order valence-electron chi connectivity index (χ0n) is 18.4. The van der Waals surface area contributed by atoms with Gasteiger partial charge in [0.1, 0.15) is 6.04 Å². The standard InChI is InChI=1S/C23H29N3O5S2/c27-23(24-15-9-1-2-10-16-24)22-19-25(32(28,29)20-11-5-3-6-12-20)17-18-26(22)33(30,31)21-13-7-4-8-14-21/h3-8,11-14,22H,1-2,9-10,15-19H2/t22-/m0/s1. The molecule has 0 aromatic heterocycles. The number of piperazine rings is 1. The third kappa shape index (κ3) is 4.98. The smallest absolute Gasteiger partial charge is 0.243 e. The van der Waals surface area contributed by atoms with Crippen molar-refractivity contribution in [2.45, 2.75) is 41.5 Å². The third-order valence-corrected chi connectivity index (χ3v) is 10.0. The van der Waals surface area contributed by atoms with Crippen LogP contribution >= 0.6 is 0 Å². The minimum Gasteiger partial charge on any atom is -0.341 e. The fraction of sp³-hybridized carbons (Fsp3) is 0.435. The van der Waals surface area contributed by atoms with Gasteiger partial charge in [0, 0.05) is 32.7 Å². The first-order valence-corrected chi connectivity index (χ1v) is 14.1. The molecule has 1 amide bonds. The molecule has 178 valence electrons. The average molecular weight is 492 g/mol. The number of carbonyl (C=O) groups is 1. The van der Waals surface area contributed by atoms with Gasteiger partial charge in [0.2, 0.25) is 26.0 Å². The lowest BCUT2D eigenvalue weighted by Gasteiger charge is -2.40. The van der Waals surface area contributed by atoms with Crippen LogP contribution in [0.1, 0.15) is 25.7 Å². The topological polar surface area (TPSA) is 95.1 Å². The second-order valence-electron chi connectivity index (χ2n) is 8.36. The highest BCUT2D eigenvalue weighted by molar-refractivity contribution is 7.89. The summed E-state index contributed by atoms with van der Waals surface area (Å²) in [6.45, 7) is 0.791. The summed E-state index contributed by atoms with van der Waals surface area (Å²) in [6.07, 6.45) is 3.76. The van der Waals surface area contributed by atoms with Crippen molar-refractivity contribution >= 4 is 26.0 Å². The van der Waals surface area contributed by atoms with Gasteiger partial charge >= 0.3 is 0 Å². The zero-order valence-corrected chi connectivity index (χ0v) is 20.0. The maximum absolute atomic E-state index is 13.6. The Kier molecular flexibility index (Phi) is 7.18. The molecule has 0 saturated carbocycles. The lowest BCUT2D eigenvalue weighted by Crippen LogP contribution is -2.61. The summed E-state index contributed by atoms with van der Waals surface area (Å²) in [5.41, 5.74) is 0. The molecular weight excluding hydrogens is 462 g/mol. The molecular formula is C23H29N3O5S2. The Bertz CT molecular complexity index is 1160. The van der Waals surface area contributed by atoms with Crippen LogP contribution in [0.3, 0.4) is 0 Å². The minimum absolute atomic E-state index is 0.0208. The molecule has 0 radical (unpaired) electrons. The SMILES string of the molecule is O=C([C@@H]1CN(S(=O)(=O)c2ccccc2)CCN1S(=O)(=O)c1ccccc1)N1CCCCCC1. The number of benzene rings is 2. The van der Waals surface area contributed by atoms with E-state index in [0.717, 1.165) is 25.7 Å². The molecule has 2 aromatic carbocycles. The van der Waals surface area contributed by atoms with Crippen LogP contribution in [0.25, 0.3) is 0 Å². The number of amides is 1. The van der Waals surface area contributed by atoms with Crippen molar-refractivity contribution in [3.63, 3.8) is 0 Å². The predicted octanol–water partition coefficient (Wildman–Crippen LogP) is 2.15. The summed E-state index contributed by atoms with van der Waals surface area (Å²) >= 11 is 0. The Morgan fingerprint density at radius 1 is 0.667 bits per heavy atom. The fourth-order valence-corrected chi connectivity index (χ4v) is 7.46. The monoisotopic (exact) mass is 491 g/mol. The molecule has 10 heteroatoms. The first-order valence-electron chi connectivity index (χ1n) is 11.2. The lowest BCUT2D eigenvalue weighted by atomic mass is 10.2. The van der Waals surface area contributed by atoms with E-state index in [0.29, 0.717) is 13.1 Å². The molecule has 2 aliphatic rings. The number of carbonyl (C=O) groups excluding carboxylic acids is 1. The Labute approximate surface area is 195 Å². The number of rotatable bonds is 5. The molecule has 1 atom stereocenters. The van der Waals surface area contributed by atoms with Gasteiger partial charge in [-0.15, -0.1) is 0 Å². The summed E-state index contributed by atoms with van der Waals surface area (Å²) in [5, 5.41) is 0. The highest BCUT2D eigenvalue weighted by Gasteiger charge is 2.44. The number of hydrogen-bond donors (Lipinski definition) is 0. The minimum atomic E-state index is -3.97. The van der Waals surface area contributed by atoms with Crippen LogP contribution in [0.4, 0.5) is 0 Å². The van der Waals surface area contributed by atoms with Crippen molar-refractivity contribution in [3.05, 3.63) is 60.7 Å². The molecule has 0 aliphatic carbocycles. The van der Waals surface area contributed by atoms with Crippen LogP contribution in [0.2, 0.25) is 0 Å². The van der Waals surface area contributed by atoms with E-state index in [2.05, 4.69) is 0 Å². The van der Waals surface area contributed by atoms with Crippen LogP contribution in [-0.2, 0) is 24.8 Å². The Hall–Kier alpha value is -2.27. The molecule has 2 aliphatic heterocycles. The van der Waals surface area contributed by atoms with E-state index < -0.39 is 26.1 Å². The second kappa shape index (κ2) is 9.92. The highest BCUT2D eigenvalue weighted by atomic mass is 32.2. The molecule has 4 rings (SSSR count). The van der Waals surface area contributed by atoms with Crippen molar-refractivity contribution < 1.29 is 21.6 Å². The number of hydrogen-bond acceptors (Lipinski definition) is 5. The summed E-state index contributed by atoms with van der Waals surface area (Å²) < 4.78 is 55.8. The Balaban J connectivity index is 1.68. The van der Waals surface area contributed by atoms with E-state index in [1.165, 1.54) is 32.9 Å². The van der Waals surface area contributed by atoms with Crippen LogP contribution < -0.4 is 0 Å². The van der Waals surface area contributed by atoms with Gasteiger partial charge in [0.15, 0.2) is 0 Å². The van der Waals surface area contributed by atoms with Gasteiger partial charge < -0.3 is 4.90 Å². The van der Waals surface area contributed by atoms with Gasteiger partial charge in [-0.05, 0) is 37.1 Å². The van der Waals surface area contributed by atoms with Gasteiger partial charge in [-0.3, -0.25) is 4.79 Å². The molecule has 2 fully saturated rings. The van der Waals surface area contributed by atoms with E-state index in [-0.39, 0.29) is 35.3 Å². The molecule has 2 saturated heterocycles. The largest absolute Gasteiger partial charge is 0.341 e. The fourth-order valence-electron chi connectivity index (χ4n) is 4.42. The number of likely N-dealkylation sites (tertiary alicyclic amines) is 1. The van der Waals surface area contributed by atoms with Gasteiger partial charge in [-0.2, -0.15) is 8.61 Å². The van der Waals surface area contributed by atoms with Gasteiger partial charge in [0.25, 0.3) is 0 Å². The average Bonchev–Trinajstić information content (AvgIpc) is 3.14. The number of sulfonamides is 2. The second-order valence-corrected chi connectivity index (χ2v) is 12.2. The van der Waals surface area contributed by atoms with Crippen molar-refractivity contribution in [3.8, 4) is 0 Å². The highest BCUT2D eigenvalue weighted by Crippen LogP contribution is 2.27. The molecule has 2 heterocycles. The summed E-state index contributed by atoms with van der Waals surface area (Å²) in [4.78, 5) is 15.5. The van der Waals surface area contributed by atoms with Gasteiger partial charge in [-0.25, -0.2) is 16.8 Å². The van der Waals surface area contributed by atoms with Crippen LogP contribution in [0.5, 0.6) is 0 Å². The molecule has 0 spiro atoms. The van der Waals surface area contributed by atoms with E-state index in [4.69, 9.17) is 0 Å². The van der Waals surface area contributed by atoms with E-state index in [1.807, 2.05) is 0 Å². The first kappa shape index (κ1) is 23.9. The van der Waals surface area contributed by atoms with Crippen LogP contribution in [-0.4, -0.2) is 75.0 Å². The molecule has 0 N–H and O–H groups in total. The predicted molar refractivity (Wildman–Crippen MR) is 124 cm³/mol. The van der Waals surface area contributed by atoms with Crippen molar-refractivity contribution in [1.29, 1.82) is 0 Å². The van der Waals surface area contributed by atoms with Gasteiger partial charge in [0.05, 0.1) is 9.79 Å². The molecule has 0 unspecified atom stereocenters. The molecule has 8 nitrogen and oxygen atoms in total. The third-order valence-electron chi connectivity index (χ3n) is 6.23. The zero-order chi connectivity index (χ0) is 23.5. The lowest BCUT2D eigenvalue weighted by molar-refractivity contribution is -0.136. The van der Waals surface area contributed by atoms with E-state index >= 15 is 0 Å². The van der Waals surface area contributed by atoms with Gasteiger partial charge in [-0.1, -0.05) is 49.2 Å². The van der Waals surface area contributed by atoms with Crippen molar-refractivity contribution in [1.82, 2.24) is 13.5 Å². The maximum Gasteiger partial charge on any atom is 0.243 e. The van der Waals surface area contributed by atoms with Crippen LogP contribution in [0.15, 0.2) is 70.5 Å². The first-order chi connectivity index (χ1) is 15.8. The summed E-state index contributed by atoms with van der Waals surface area (Å²) in [7, 11) is -7.83. The molecule has 0 bridgehead atoms. The summed E-state index contributed by atoms with van der Waals surface area (Å²) in [6, 6.07) is 14.9. The Morgan fingerprint density at radius 2 is 1.18 bits per heavy atom. The molecule has 33 heavy (non-hydrogen) atoms. The number of nitrogens with zero attached hydrogens (tertiary/aromatic N) is 3. The quantitative estimate of drug-likeness (QED) is 0.639.